The number of anilines is 2. The first-order valence-electron chi connectivity index (χ1n) is 8.08. The molecule has 1 aliphatic rings. The van der Waals surface area contributed by atoms with Crippen LogP contribution in [0.2, 0.25) is 0 Å². The summed E-state index contributed by atoms with van der Waals surface area (Å²) in [5, 5.41) is 2.73. The van der Waals surface area contributed by atoms with Crippen LogP contribution < -0.4 is 15.0 Å². The van der Waals surface area contributed by atoms with Crippen molar-refractivity contribution in [3.63, 3.8) is 0 Å². The molecule has 9 heteroatoms. The molecule has 1 fully saturated rings. The van der Waals surface area contributed by atoms with Crippen LogP contribution in [0.1, 0.15) is 12.8 Å². The molecule has 0 bridgehead atoms. The maximum atomic E-state index is 12.4. The van der Waals surface area contributed by atoms with Gasteiger partial charge in [-0.1, -0.05) is 0 Å². The molecule has 2 aromatic rings. The number of rotatable bonds is 4. The van der Waals surface area contributed by atoms with Crippen molar-refractivity contribution in [2.24, 2.45) is 5.92 Å². The molecule has 138 valence electrons. The molecule has 26 heavy (non-hydrogen) atoms. The second-order valence-corrected chi connectivity index (χ2v) is 5.89. The van der Waals surface area contributed by atoms with E-state index in [1.54, 1.807) is 18.6 Å². The van der Waals surface area contributed by atoms with Gasteiger partial charge in [0.25, 0.3) is 0 Å². The number of alkyl halides is 3. The summed E-state index contributed by atoms with van der Waals surface area (Å²) in [7, 11) is 0. The normalized spacial score (nSPS) is 15.6. The average Bonchev–Trinajstić information content (AvgIpc) is 2.63. The van der Waals surface area contributed by atoms with Gasteiger partial charge in [-0.3, -0.25) is 9.78 Å². The zero-order valence-electron chi connectivity index (χ0n) is 13.7. The van der Waals surface area contributed by atoms with Gasteiger partial charge < -0.3 is 15.0 Å². The number of amides is 1. The van der Waals surface area contributed by atoms with Gasteiger partial charge in [0.2, 0.25) is 5.91 Å². The highest BCUT2D eigenvalue weighted by atomic mass is 19.4. The molecule has 0 spiro atoms. The van der Waals surface area contributed by atoms with Gasteiger partial charge in [-0.05, 0) is 37.1 Å². The number of halogens is 3. The van der Waals surface area contributed by atoms with Crippen molar-refractivity contribution in [3.8, 4) is 5.75 Å². The Morgan fingerprint density at radius 1 is 1.15 bits per heavy atom. The largest absolute Gasteiger partial charge is 0.573 e. The molecular formula is C17H17F3N4O2. The maximum Gasteiger partial charge on any atom is 0.573 e. The van der Waals surface area contributed by atoms with E-state index in [1.165, 1.54) is 24.3 Å². The van der Waals surface area contributed by atoms with E-state index in [0.29, 0.717) is 31.6 Å². The van der Waals surface area contributed by atoms with Crippen LogP contribution in [-0.2, 0) is 4.79 Å². The van der Waals surface area contributed by atoms with Crippen molar-refractivity contribution < 1.29 is 22.7 Å². The minimum Gasteiger partial charge on any atom is -0.406 e. The Bertz CT molecular complexity index is 730. The van der Waals surface area contributed by atoms with Crippen LogP contribution in [0.5, 0.6) is 5.75 Å². The second-order valence-electron chi connectivity index (χ2n) is 5.89. The highest BCUT2D eigenvalue weighted by Crippen LogP contribution is 2.25. The van der Waals surface area contributed by atoms with E-state index >= 15 is 0 Å². The minimum atomic E-state index is -4.73. The highest BCUT2D eigenvalue weighted by Gasteiger charge is 2.31. The van der Waals surface area contributed by atoms with Crippen LogP contribution in [0.3, 0.4) is 0 Å². The molecule has 3 rings (SSSR count). The Hall–Kier alpha value is -2.84. The summed E-state index contributed by atoms with van der Waals surface area (Å²) in [6.07, 6.45) is 1.51. The Morgan fingerprint density at radius 3 is 2.42 bits per heavy atom. The molecule has 1 saturated heterocycles. The first-order valence-corrected chi connectivity index (χ1v) is 8.08. The Morgan fingerprint density at radius 2 is 1.85 bits per heavy atom. The summed E-state index contributed by atoms with van der Waals surface area (Å²) in [6.45, 7) is 1.38. The van der Waals surface area contributed by atoms with Crippen LogP contribution in [-0.4, -0.2) is 35.3 Å². The molecule has 1 amide bonds. The quantitative estimate of drug-likeness (QED) is 0.900. The lowest BCUT2D eigenvalue weighted by molar-refractivity contribution is -0.274. The van der Waals surface area contributed by atoms with Crippen LogP contribution in [0.15, 0.2) is 42.9 Å². The lowest BCUT2D eigenvalue weighted by atomic mass is 9.96. The van der Waals surface area contributed by atoms with Gasteiger partial charge in [0.05, 0.1) is 6.20 Å². The monoisotopic (exact) mass is 366 g/mol. The fraction of sp³-hybridized carbons (Fsp3) is 0.353. The number of carbonyl (C=O) groups excluding carboxylic acids is 1. The standard InChI is InChI=1S/C17H17F3N4O2/c18-17(19,20)26-14-3-1-13(2-4-14)23-16(25)12-5-9-24(10-6-12)15-11-21-7-8-22-15/h1-4,7-8,11-12H,5-6,9-10H2,(H,23,25). The van der Waals surface area contributed by atoms with Gasteiger partial charge in [0.15, 0.2) is 0 Å². The van der Waals surface area contributed by atoms with E-state index in [0.717, 1.165) is 5.82 Å². The van der Waals surface area contributed by atoms with Crippen molar-refractivity contribution in [3.05, 3.63) is 42.9 Å². The summed E-state index contributed by atoms with van der Waals surface area (Å²) in [5.74, 6) is 0.154. The number of carbonyl (C=O) groups is 1. The molecule has 1 aromatic carbocycles. The summed E-state index contributed by atoms with van der Waals surface area (Å²) in [4.78, 5) is 22.7. The fourth-order valence-electron chi connectivity index (χ4n) is 2.81. The Kier molecular flexibility index (Phi) is 5.24. The third-order valence-corrected chi connectivity index (χ3v) is 4.09. The molecule has 2 heterocycles. The van der Waals surface area contributed by atoms with Gasteiger partial charge in [-0.2, -0.15) is 0 Å². The summed E-state index contributed by atoms with van der Waals surface area (Å²) in [5.41, 5.74) is 0.431. The van der Waals surface area contributed by atoms with E-state index in [4.69, 9.17) is 0 Å². The van der Waals surface area contributed by atoms with E-state index in [2.05, 4.69) is 24.9 Å². The number of nitrogens with zero attached hydrogens (tertiary/aromatic N) is 3. The Labute approximate surface area is 148 Å². The van der Waals surface area contributed by atoms with E-state index in [9.17, 15) is 18.0 Å². The lowest BCUT2D eigenvalue weighted by Crippen LogP contribution is -2.38. The Balaban J connectivity index is 1.51. The van der Waals surface area contributed by atoms with Crippen molar-refractivity contribution >= 4 is 17.4 Å². The van der Waals surface area contributed by atoms with Crippen molar-refractivity contribution in [1.29, 1.82) is 0 Å². The molecular weight excluding hydrogens is 349 g/mol. The summed E-state index contributed by atoms with van der Waals surface area (Å²) < 4.78 is 40.2. The summed E-state index contributed by atoms with van der Waals surface area (Å²) in [6, 6.07) is 5.10. The molecule has 0 radical (unpaired) electrons. The van der Waals surface area contributed by atoms with E-state index in [-0.39, 0.29) is 17.6 Å². The molecule has 1 N–H and O–H groups in total. The fourth-order valence-corrected chi connectivity index (χ4v) is 2.81. The van der Waals surface area contributed by atoms with Gasteiger partial charge in [0.1, 0.15) is 11.6 Å². The summed E-state index contributed by atoms with van der Waals surface area (Å²) >= 11 is 0. The topological polar surface area (TPSA) is 67.3 Å². The SMILES string of the molecule is O=C(Nc1ccc(OC(F)(F)F)cc1)C1CCN(c2cnccn2)CC1. The number of piperidine rings is 1. The van der Waals surface area contributed by atoms with Crippen LogP contribution in [0, 0.1) is 5.92 Å². The van der Waals surface area contributed by atoms with Crippen molar-refractivity contribution in [1.82, 2.24) is 9.97 Å². The smallest absolute Gasteiger partial charge is 0.406 e. The first kappa shape index (κ1) is 18.0. The minimum absolute atomic E-state index is 0.145. The first-order chi connectivity index (χ1) is 12.4. The zero-order chi connectivity index (χ0) is 18.6. The zero-order valence-corrected chi connectivity index (χ0v) is 13.7. The van der Waals surface area contributed by atoms with Gasteiger partial charge in [0, 0.05) is 37.1 Å². The third kappa shape index (κ3) is 4.84. The second kappa shape index (κ2) is 7.59. The number of hydrogen-bond donors (Lipinski definition) is 1. The van der Waals surface area contributed by atoms with Gasteiger partial charge >= 0.3 is 6.36 Å². The molecule has 0 aliphatic carbocycles. The molecule has 0 atom stereocenters. The number of hydrogen-bond acceptors (Lipinski definition) is 5. The van der Waals surface area contributed by atoms with E-state index in [1.807, 2.05) is 0 Å². The van der Waals surface area contributed by atoms with Gasteiger partial charge in [-0.15, -0.1) is 13.2 Å². The number of aromatic nitrogens is 2. The van der Waals surface area contributed by atoms with Crippen molar-refractivity contribution in [2.75, 3.05) is 23.3 Å². The predicted molar refractivity (Wildman–Crippen MR) is 88.7 cm³/mol. The predicted octanol–water partition coefficient (Wildman–Crippen LogP) is 3.23. The maximum absolute atomic E-state index is 12.4. The number of ether oxygens (including phenoxy) is 1. The molecule has 0 unspecified atom stereocenters. The molecule has 1 aliphatic heterocycles. The van der Waals surface area contributed by atoms with Crippen molar-refractivity contribution in [2.45, 2.75) is 19.2 Å². The van der Waals surface area contributed by atoms with Crippen LogP contribution in [0.25, 0.3) is 0 Å². The average molecular weight is 366 g/mol. The van der Waals surface area contributed by atoms with E-state index < -0.39 is 6.36 Å². The molecule has 1 aromatic heterocycles. The van der Waals surface area contributed by atoms with Gasteiger partial charge in [-0.25, -0.2) is 4.98 Å². The lowest BCUT2D eigenvalue weighted by Gasteiger charge is -2.31. The number of benzene rings is 1. The van der Waals surface area contributed by atoms with Crippen LogP contribution >= 0.6 is 0 Å². The molecule has 0 saturated carbocycles. The molecule has 6 nitrogen and oxygen atoms in total. The number of nitrogens with one attached hydrogen (secondary N) is 1. The van der Waals surface area contributed by atoms with Crippen LogP contribution in [0.4, 0.5) is 24.7 Å². The third-order valence-electron chi connectivity index (χ3n) is 4.09. The highest BCUT2D eigenvalue weighted by molar-refractivity contribution is 5.92.